The lowest BCUT2D eigenvalue weighted by molar-refractivity contribution is -0.140. The molecule has 0 aliphatic rings. The van der Waals surface area contributed by atoms with Crippen LogP contribution in [0.5, 0.6) is 0 Å². The summed E-state index contributed by atoms with van der Waals surface area (Å²) in [6.07, 6.45) is 0.802. The highest BCUT2D eigenvalue weighted by Crippen LogP contribution is 2.34. The third kappa shape index (κ3) is 8.75. The van der Waals surface area contributed by atoms with Crippen molar-refractivity contribution in [2.75, 3.05) is 10.8 Å². The van der Waals surface area contributed by atoms with E-state index >= 15 is 0 Å². The van der Waals surface area contributed by atoms with E-state index in [9.17, 15) is 18.0 Å². The van der Waals surface area contributed by atoms with E-state index in [1.807, 2.05) is 44.2 Å². The molecule has 12 heteroatoms. The van der Waals surface area contributed by atoms with Crippen molar-refractivity contribution in [3.05, 3.63) is 128 Å². The molecule has 0 fully saturated rings. The number of hydrogen-bond acceptors (Lipinski definition) is 4. The first-order chi connectivity index (χ1) is 21.9. The zero-order chi connectivity index (χ0) is 33.4. The summed E-state index contributed by atoms with van der Waals surface area (Å²) in [4.78, 5) is 29.8. The largest absolute Gasteiger partial charge is 0.352 e. The van der Waals surface area contributed by atoms with Crippen molar-refractivity contribution in [3.8, 4) is 0 Å². The molecule has 0 saturated carbocycles. The fourth-order valence-corrected chi connectivity index (χ4v) is 7.30. The third-order valence-corrected chi connectivity index (χ3v) is 10.5. The van der Waals surface area contributed by atoms with E-state index in [0.29, 0.717) is 22.0 Å². The van der Waals surface area contributed by atoms with Gasteiger partial charge in [-0.05, 0) is 61.4 Å². The van der Waals surface area contributed by atoms with Crippen LogP contribution >= 0.6 is 46.4 Å². The topological polar surface area (TPSA) is 86.8 Å². The summed E-state index contributed by atoms with van der Waals surface area (Å²) in [5, 5.41) is 3.89. The molecule has 0 spiro atoms. The van der Waals surface area contributed by atoms with Crippen molar-refractivity contribution in [1.29, 1.82) is 0 Å². The van der Waals surface area contributed by atoms with Gasteiger partial charge in [-0.2, -0.15) is 0 Å². The van der Waals surface area contributed by atoms with Crippen LogP contribution in [0.25, 0.3) is 0 Å². The molecule has 4 aromatic rings. The summed E-state index contributed by atoms with van der Waals surface area (Å²) in [5.74, 6) is -1.08. The van der Waals surface area contributed by atoms with Crippen molar-refractivity contribution in [1.82, 2.24) is 10.2 Å². The van der Waals surface area contributed by atoms with Gasteiger partial charge >= 0.3 is 0 Å². The predicted octanol–water partition coefficient (Wildman–Crippen LogP) is 8.05. The van der Waals surface area contributed by atoms with Crippen LogP contribution in [0.1, 0.15) is 31.4 Å². The van der Waals surface area contributed by atoms with Crippen LogP contribution < -0.4 is 9.62 Å². The number of anilines is 1. The number of rotatable bonds is 13. The summed E-state index contributed by atoms with van der Waals surface area (Å²) in [6, 6.07) is 25.0. The summed E-state index contributed by atoms with van der Waals surface area (Å²) < 4.78 is 29.2. The zero-order valence-corrected chi connectivity index (χ0v) is 29.0. The first-order valence-electron chi connectivity index (χ1n) is 14.5. The van der Waals surface area contributed by atoms with Gasteiger partial charge < -0.3 is 10.2 Å². The molecule has 0 heterocycles. The maximum atomic E-state index is 14.6. The average Bonchev–Trinajstić information content (AvgIpc) is 3.03. The molecular formula is C34H33Cl4N3O4S. The van der Waals surface area contributed by atoms with Gasteiger partial charge in [0.1, 0.15) is 12.6 Å². The van der Waals surface area contributed by atoms with Crippen LogP contribution in [0.3, 0.4) is 0 Å². The number of nitrogens with zero attached hydrogens (tertiary/aromatic N) is 2. The van der Waals surface area contributed by atoms with Crippen molar-refractivity contribution >= 4 is 73.9 Å². The zero-order valence-electron chi connectivity index (χ0n) is 25.2. The molecule has 46 heavy (non-hydrogen) atoms. The van der Waals surface area contributed by atoms with E-state index in [1.165, 1.54) is 35.2 Å². The Morgan fingerprint density at radius 3 is 2.00 bits per heavy atom. The third-order valence-electron chi connectivity index (χ3n) is 7.45. The number of carbonyl (C=O) groups is 2. The van der Waals surface area contributed by atoms with Gasteiger partial charge in [-0.15, -0.1) is 0 Å². The number of hydrogen-bond donors (Lipinski definition) is 1. The van der Waals surface area contributed by atoms with E-state index in [1.54, 1.807) is 36.4 Å². The highest BCUT2D eigenvalue weighted by molar-refractivity contribution is 7.92. The van der Waals surface area contributed by atoms with Crippen molar-refractivity contribution in [3.63, 3.8) is 0 Å². The van der Waals surface area contributed by atoms with E-state index in [2.05, 4.69) is 5.32 Å². The molecule has 0 aliphatic heterocycles. The average molecular weight is 722 g/mol. The summed E-state index contributed by atoms with van der Waals surface area (Å²) in [5.41, 5.74) is 1.25. The quantitative estimate of drug-likeness (QED) is 0.152. The molecule has 0 aromatic heterocycles. The molecule has 0 saturated heterocycles. The molecule has 0 radical (unpaired) electrons. The van der Waals surface area contributed by atoms with E-state index in [4.69, 9.17) is 46.4 Å². The Hall–Kier alpha value is -3.27. The Morgan fingerprint density at radius 1 is 0.804 bits per heavy atom. The summed E-state index contributed by atoms with van der Waals surface area (Å²) >= 11 is 25.8. The van der Waals surface area contributed by atoms with Crippen molar-refractivity contribution < 1.29 is 18.0 Å². The molecular weight excluding hydrogens is 688 g/mol. The second-order valence-electron chi connectivity index (χ2n) is 10.7. The van der Waals surface area contributed by atoms with Gasteiger partial charge in [0.05, 0.1) is 15.6 Å². The minimum absolute atomic E-state index is 0.0239. The first kappa shape index (κ1) is 35.6. The molecule has 2 amide bonds. The number of carbonyl (C=O) groups excluding carboxylic acids is 2. The van der Waals surface area contributed by atoms with Gasteiger partial charge in [0, 0.05) is 39.6 Å². The maximum absolute atomic E-state index is 14.6. The van der Waals surface area contributed by atoms with Gasteiger partial charge in [-0.3, -0.25) is 13.9 Å². The van der Waals surface area contributed by atoms with Crippen LogP contribution in [0.4, 0.5) is 5.69 Å². The Bertz CT molecular complexity index is 1760. The second-order valence-corrected chi connectivity index (χ2v) is 14.2. The molecule has 242 valence electrons. The lowest BCUT2D eigenvalue weighted by Crippen LogP contribution is -2.54. The molecule has 7 nitrogen and oxygen atoms in total. The Labute approximate surface area is 290 Å². The van der Waals surface area contributed by atoms with E-state index in [-0.39, 0.29) is 39.6 Å². The fraction of sp³-hybridized carbons (Fsp3) is 0.235. The van der Waals surface area contributed by atoms with Crippen LogP contribution in [0, 0.1) is 0 Å². The van der Waals surface area contributed by atoms with E-state index in [0.717, 1.165) is 9.87 Å². The minimum Gasteiger partial charge on any atom is -0.352 e. The highest BCUT2D eigenvalue weighted by atomic mass is 35.5. The second kappa shape index (κ2) is 16.0. The van der Waals surface area contributed by atoms with Crippen LogP contribution in [-0.2, 0) is 32.6 Å². The molecule has 4 rings (SSSR count). The summed E-state index contributed by atoms with van der Waals surface area (Å²) in [7, 11) is -4.33. The first-order valence-corrected chi connectivity index (χ1v) is 17.5. The SMILES string of the molecule is CC[C@@H](C)NC(=O)[C@H](Cc1ccccc1)N(Cc1c(Cl)cccc1Cl)C(=O)CN(c1ccc(Cl)cc1Cl)S(=O)(=O)c1ccccc1. The van der Waals surface area contributed by atoms with Gasteiger partial charge in [-0.25, -0.2) is 8.42 Å². The smallest absolute Gasteiger partial charge is 0.264 e. The number of nitrogens with one attached hydrogen (secondary N) is 1. The normalized spacial score (nSPS) is 12.7. The molecule has 1 N–H and O–H groups in total. The van der Waals surface area contributed by atoms with Gasteiger partial charge in [0.2, 0.25) is 11.8 Å². The highest BCUT2D eigenvalue weighted by Gasteiger charge is 2.36. The molecule has 0 unspecified atom stereocenters. The van der Waals surface area contributed by atoms with Crippen molar-refractivity contribution in [2.24, 2.45) is 0 Å². The van der Waals surface area contributed by atoms with Crippen LogP contribution in [0.2, 0.25) is 20.1 Å². The Morgan fingerprint density at radius 2 is 1.41 bits per heavy atom. The fourth-order valence-electron chi connectivity index (χ4n) is 4.77. The number of amides is 2. The summed E-state index contributed by atoms with van der Waals surface area (Å²) in [6.45, 7) is 2.94. The van der Waals surface area contributed by atoms with Crippen LogP contribution in [0.15, 0.2) is 102 Å². The number of halogens is 4. The van der Waals surface area contributed by atoms with Crippen molar-refractivity contribution in [2.45, 2.75) is 50.2 Å². The molecule has 0 aliphatic carbocycles. The Kier molecular flexibility index (Phi) is 12.4. The lowest BCUT2D eigenvalue weighted by atomic mass is 10.0. The standard InChI is InChI=1S/C34H33Cl4N3O4S/c1-3-23(2)39-34(43)32(19-24-11-6-4-7-12-24)40(21-27-28(36)15-10-16-29(27)37)33(42)22-41(31-18-17-25(35)20-30(31)38)46(44,45)26-13-8-5-9-14-26/h4-18,20,23,32H,3,19,21-22H2,1-2H3,(H,39,43)/t23-,32+/m1/s1. The minimum atomic E-state index is -4.33. The Balaban J connectivity index is 1.86. The monoisotopic (exact) mass is 719 g/mol. The van der Waals surface area contributed by atoms with E-state index < -0.39 is 34.4 Å². The lowest BCUT2D eigenvalue weighted by Gasteiger charge is -2.34. The number of benzene rings is 4. The van der Waals surface area contributed by atoms with Crippen LogP contribution in [-0.4, -0.2) is 43.8 Å². The maximum Gasteiger partial charge on any atom is 0.264 e. The molecule has 2 atom stereocenters. The van der Waals surface area contributed by atoms with Gasteiger partial charge in [0.15, 0.2) is 0 Å². The molecule has 4 aromatic carbocycles. The number of sulfonamides is 1. The predicted molar refractivity (Wildman–Crippen MR) is 186 cm³/mol. The molecule has 0 bridgehead atoms. The van der Waals surface area contributed by atoms with Gasteiger partial charge in [-0.1, -0.05) is 108 Å². The van der Waals surface area contributed by atoms with Gasteiger partial charge in [0.25, 0.3) is 10.0 Å².